The summed E-state index contributed by atoms with van der Waals surface area (Å²) in [5.74, 6) is -0.367. The molecule has 0 aromatic carbocycles. The summed E-state index contributed by atoms with van der Waals surface area (Å²) in [6, 6.07) is 0. The van der Waals surface area contributed by atoms with E-state index < -0.39 is 13.9 Å². The summed E-state index contributed by atoms with van der Waals surface area (Å²) < 4.78 is 33.5. The van der Waals surface area contributed by atoms with E-state index in [0.29, 0.717) is 13.0 Å². The van der Waals surface area contributed by atoms with Crippen LogP contribution in [0.5, 0.6) is 0 Å². The largest absolute Gasteiger partial charge is 0.472 e. The van der Waals surface area contributed by atoms with Crippen LogP contribution in [0.1, 0.15) is 187 Å². The average Bonchev–Trinajstić information content (AvgIpc) is 3.25. The molecule has 0 heterocycles. The predicted molar refractivity (Wildman–Crippen MR) is 261 cm³/mol. The fraction of sp³-hybridized carbons (Fsp3) is 0.673. The Hall–Kier alpha value is -2.58. The molecule has 0 aliphatic rings. The van der Waals surface area contributed by atoms with Crippen LogP contribution in [0.25, 0.3) is 0 Å². The molecule has 0 rings (SSSR count). The number of phosphoric ester groups is 1. The Balaban J connectivity index is 4.10. The second-order valence-corrected chi connectivity index (χ2v) is 17.0. The lowest BCUT2D eigenvalue weighted by Crippen LogP contribution is -2.28. The molecule has 350 valence electrons. The molecule has 0 spiro atoms. The summed E-state index contributed by atoms with van der Waals surface area (Å²) in [7, 11) is -4.30. The lowest BCUT2D eigenvalue weighted by atomic mass is 10.1. The number of unbranched alkanes of at least 4 members (excludes halogenated alkanes) is 16. The molecule has 0 bridgehead atoms. The number of rotatable bonds is 45. The van der Waals surface area contributed by atoms with Gasteiger partial charge in [-0.1, -0.05) is 182 Å². The highest BCUT2D eigenvalue weighted by atomic mass is 31.2. The number of carbonyl (C=O) groups is 1. The fourth-order valence-electron chi connectivity index (χ4n) is 6.21. The van der Waals surface area contributed by atoms with Crippen molar-refractivity contribution in [2.45, 2.75) is 193 Å². The van der Waals surface area contributed by atoms with Gasteiger partial charge in [0.1, 0.15) is 6.10 Å². The number of carbonyl (C=O) groups excluding carboxylic acids is 1. The zero-order valence-corrected chi connectivity index (χ0v) is 39.8. The average molecular weight is 872 g/mol. The molecule has 2 atom stereocenters. The van der Waals surface area contributed by atoms with Crippen molar-refractivity contribution in [3.8, 4) is 0 Å². The Morgan fingerprint density at radius 1 is 0.508 bits per heavy atom. The van der Waals surface area contributed by atoms with E-state index >= 15 is 0 Å². The van der Waals surface area contributed by atoms with Crippen molar-refractivity contribution in [3.05, 3.63) is 97.2 Å². The van der Waals surface area contributed by atoms with Crippen molar-refractivity contribution in [1.29, 1.82) is 0 Å². The van der Waals surface area contributed by atoms with Crippen molar-refractivity contribution in [2.24, 2.45) is 5.73 Å². The summed E-state index contributed by atoms with van der Waals surface area (Å²) >= 11 is 0. The van der Waals surface area contributed by atoms with Gasteiger partial charge in [-0.25, -0.2) is 4.57 Å². The molecular formula is C52H90NO7P. The molecule has 9 heteroatoms. The van der Waals surface area contributed by atoms with Crippen LogP contribution in [0.2, 0.25) is 0 Å². The normalized spacial score (nSPS) is 14.2. The predicted octanol–water partition coefficient (Wildman–Crippen LogP) is 15.0. The highest BCUT2D eigenvalue weighted by Gasteiger charge is 2.25. The molecule has 3 N–H and O–H groups in total. The monoisotopic (exact) mass is 872 g/mol. The van der Waals surface area contributed by atoms with E-state index in [1.807, 2.05) is 0 Å². The first-order valence-corrected chi connectivity index (χ1v) is 25.7. The first-order chi connectivity index (χ1) is 29.9. The summed E-state index contributed by atoms with van der Waals surface area (Å²) in [5, 5.41) is 0. The van der Waals surface area contributed by atoms with Crippen LogP contribution in [0.15, 0.2) is 97.2 Å². The Bertz CT molecular complexity index is 1250. The Morgan fingerprint density at radius 2 is 0.918 bits per heavy atom. The van der Waals surface area contributed by atoms with Crippen LogP contribution < -0.4 is 5.73 Å². The molecule has 0 radical (unpaired) electrons. The number of allylic oxidation sites excluding steroid dienone is 16. The van der Waals surface area contributed by atoms with E-state index in [4.69, 9.17) is 24.3 Å². The van der Waals surface area contributed by atoms with Crippen molar-refractivity contribution in [1.82, 2.24) is 0 Å². The van der Waals surface area contributed by atoms with Crippen LogP contribution in [0.4, 0.5) is 0 Å². The van der Waals surface area contributed by atoms with Gasteiger partial charge in [0.2, 0.25) is 0 Å². The quantitative estimate of drug-likeness (QED) is 0.0269. The zero-order chi connectivity index (χ0) is 44.4. The summed E-state index contributed by atoms with van der Waals surface area (Å²) in [6.07, 6.45) is 64.3. The van der Waals surface area contributed by atoms with E-state index in [-0.39, 0.29) is 38.8 Å². The second kappa shape index (κ2) is 48.5. The molecule has 0 aliphatic carbocycles. The smallest absolute Gasteiger partial charge is 0.457 e. The number of nitrogens with two attached hydrogens (primary N) is 1. The second-order valence-electron chi connectivity index (χ2n) is 15.6. The molecular weight excluding hydrogens is 782 g/mol. The van der Waals surface area contributed by atoms with Gasteiger partial charge in [0, 0.05) is 19.6 Å². The van der Waals surface area contributed by atoms with Gasteiger partial charge >= 0.3 is 13.8 Å². The maximum absolute atomic E-state index is 12.6. The SMILES string of the molecule is CC/C=C\C/C=C\C/C=C\C/C=C\C/C=C\C/C=C\C/C=C\CCCCCC(=O)OC(COCCCCCCCC/C=C\CCCCCCCCC)COP(=O)(O)OCCN. The van der Waals surface area contributed by atoms with Crippen molar-refractivity contribution in [3.63, 3.8) is 0 Å². The maximum atomic E-state index is 12.6. The maximum Gasteiger partial charge on any atom is 0.472 e. The summed E-state index contributed by atoms with van der Waals surface area (Å²) in [5.41, 5.74) is 5.38. The Kier molecular flexibility index (Phi) is 46.4. The minimum absolute atomic E-state index is 0.0884. The molecule has 0 aliphatic heterocycles. The van der Waals surface area contributed by atoms with E-state index in [1.165, 1.54) is 77.0 Å². The lowest BCUT2D eigenvalue weighted by Gasteiger charge is -2.20. The highest BCUT2D eigenvalue weighted by Crippen LogP contribution is 2.43. The van der Waals surface area contributed by atoms with Crippen molar-refractivity contribution >= 4 is 13.8 Å². The fourth-order valence-corrected chi connectivity index (χ4v) is 6.97. The van der Waals surface area contributed by atoms with Gasteiger partial charge in [-0.2, -0.15) is 0 Å². The van der Waals surface area contributed by atoms with Crippen LogP contribution >= 0.6 is 7.82 Å². The van der Waals surface area contributed by atoms with Gasteiger partial charge in [0.25, 0.3) is 0 Å². The first-order valence-electron chi connectivity index (χ1n) is 24.2. The molecule has 8 nitrogen and oxygen atoms in total. The molecule has 0 saturated heterocycles. The van der Waals surface area contributed by atoms with E-state index in [0.717, 1.165) is 83.5 Å². The van der Waals surface area contributed by atoms with Gasteiger partial charge in [-0.15, -0.1) is 0 Å². The number of phosphoric acid groups is 1. The van der Waals surface area contributed by atoms with Crippen LogP contribution in [0.3, 0.4) is 0 Å². The van der Waals surface area contributed by atoms with Gasteiger partial charge in [0.05, 0.1) is 19.8 Å². The van der Waals surface area contributed by atoms with E-state index in [1.54, 1.807) is 0 Å². The lowest BCUT2D eigenvalue weighted by molar-refractivity contribution is -0.154. The standard InChI is InChI=1S/C52H90NO7P/c1-3-5-7-9-11-13-15-17-19-21-22-23-24-25-26-27-28-29-31-33-35-37-39-41-43-45-52(54)60-51(50-59-61(55,56)58-48-46-53)49-57-47-44-42-40-38-36-34-32-30-20-18-16-14-12-10-8-6-4-2/h5,7,11,13,17,19-20,22-23,25-26,28-30,33,35,51H,3-4,6,8-10,12,14-16,18,21,24,27,31-32,34,36-50,53H2,1-2H3,(H,55,56)/b7-5-,13-11-,19-17-,23-22-,26-25-,29-28-,30-20-,35-33-. The minimum Gasteiger partial charge on any atom is -0.457 e. The van der Waals surface area contributed by atoms with Crippen LogP contribution in [-0.4, -0.2) is 49.9 Å². The molecule has 0 amide bonds. The number of hydrogen-bond acceptors (Lipinski definition) is 7. The molecule has 0 saturated carbocycles. The molecule has 0 aromatic rings. The molecule has 0 fully saturated rings. The third-order valence-electron chi connectivity index (χ3n) is 9.74. The first kappa shape index (κ1) is 58.4. The third kappa shape index (κ3) is 48.3. The Morgan fingerprint density at radius 3 is 1.39 bits per heavy atom. The third-order valence-corrected chi connectivity index (χ3v) is 10.7. The minimum atomic E-state index is -4.30. The van der Waals surface area contributed by atoms with Crippen molar-refractivity contribution < 1.29 is 32.8 Å². The van der Waals surface area contributed by atoms with Gasteiger partial charge in [-0.3, -0.25) is 13.8 Å². The number of ether oxygens (including phenoxy) is 2. The number of esters is 1. The van der Waals surface area contributed by atoms with Crippen LogP contribution in [0, 0.1) is 0 Å². The summed E-state index contributed by atoms with van der Waals surface area (Å²) in [4.78, 5) is 22.6. The number of hydrogen-bond donors (Lipinski definition) is 2. The highest BCUT2D eigenvalue weighted by molar-refractivity contribution is 7.47. The van der Waals surface area contributed by atoms with Gasteiger partial charge in [-0.05, 0) is 96.3 Å². The molecule has 2 unspecified atom stereocenters. The van der Waals surface area contributed by atoms with Gasteiger partial charge < -0.3 is 20.1 Å². The topological polar surface area (TPSA) is 117 Å². The van der Waals surface area contributed by atoms with Crippen LogP contribution in [-0.2, 0) is 27.9 Å². The summed E-state index contributed by atoms with van der Waals surface area (Å²) in [6.45, 7) is 4.73. The van der Waals surface area contributed by atoms with Gasteiger partial charge in [0.15, 0.2) is 0 Å². The van der Waals surface area contributed by atoms with E-state index in [2.05, 4.69) is 111 Å². The Labute approximate surface area is 374 Å². The molecule has 0 aromatic heterocycles. The van der Waals surface area contributed by atoms with E-state index in [9.17, 15) is 14.3 Å². The molecule has 61 heavy (non-hydrogen) atoms. The zero-order valence-electron chi connectivity index (χ0n) is 38.9. The van der Waals surface area contributed by atoms with Crippen molar-refractivity contribution in [2.75, 3.05) is 33.0 Å².